The molecule has 1 atom stereocenters. The summed E-state index contributed by atoms with van der Waals surface area (Å²) in [6.07, 6.45) is 1.16. The second-order valence-electron chi connectivity index (χ2n) is 5.53. The molecule has 1 unspecified atom stereocenters. The van der Waals surface area contributed by atoms with Gasteiger partial charge in [-0.1, -0.05) is 24.3 Å². The number of nitrogens with zero attached hydrogens (tertiary/aromatic N) is 1. The fourth-order valence-electron chi connectivity index (χ4n) is 2.37. The molecule has 0 spiro atoms. The zero-order valence-corrected chi connectivity index (χ0v) is 13.7. The summed E-state index contributed by atoms with van der Waals surface area (Å²) < 4.78 is 36.0. The minimum atomic E-state index is -3.23. The molecule has 5 nitrogen and oxygen atoms in total. The van der Waals surface area contributed by atoms with Crippen LogP contribution in [0.3, 0.4) is 0 Å². The van der Waals surface area contributed by atoms with Crippen molar-refractivity contribution in [2.45, 2.75) is 10.9 Å². The third kappa shape index (κ3) is 3.37. The Morgan fingerprint density at radius 1 is 1.08 bits per heavy atom. The van der Waals surface area contributed by atoms with Crippen molar-refractivity contribution in [3.63, 3.8) is 0 Å². The van der Waals surface area contributed by atoms with Gasteiger partial charge in [-0.2, -0.15) is 5.10 Å². The summed E-state index contributed by atoms with van der Waals surface area (Å²) in [6.45, 7) is 0. The summed E-state index contributed by atoms with van der Waals surface area (Å²) in [4.78, 5) is 0.255. The van der Waals surface area contributed by atoms with E-state index in [4.69, 9.17) is 5.73 Å². The summed E-state index contributed by atoms with van der Waals surface area (Å²) in [5.41, 5.74) is 9.04. The molecule has 0 radical (unpaired) electrons. The molecule has 0 aliphatic rings. The topological polar surface area (TPSA) is 88.8 Å². The average molecular weight is 345 g/mol. The second kappa shape index (κ2) is 6.18. The lowest BCUT2D eigenvalue weighted by molar-refractivity contribution is 0.602. The zero-order chi connectivity index (χ0) is 17.3. The first-order chi connectivity index (χ1) is 11.3. The Morgan fingerprint density at radius 2 is 1.71 bits per heavy atom. The van der Waals surface area contributed by atoms with Crippen molar-refractivity contribution in [1.29, 1.82) is 0 Å². The highest BCUT2D eigenvalue weighted by molar-refractivity contribution is 7.90. The Bertz CT molecular complexity index is 948. The second-order valence-corrected chi connectivity index (χ2v) is 7.55. The minimum Gasteiger partial charge on any atom is -0.319 e. The van der Waals surface area contributed by atoms with Crippen LogP contribution in [0.15, 0.2) is 59.5 Å². The van der Waals surface area contributed by atoms with Gasteiger partial charge in [-0.05, 0) is 35.9 Å². The van der Waals surface area contributed by atoms with Crippen molar-refractivity contribution in [1.82, 2.24) is 10.2 Å². The van der Waals surface area contributed by atoms with Crippen LogP contribution in [0.1, 0.15) is 17.3 Å². The van der Waals surface area contributed by atoms with E-state index in [9.17, 15) is 12.8 Å². The highest BCUT2D eigenvalue weighted by atomic mass is 32.2. The Kier molecular flexibility index (Phi) is 4.21. The Labute approximate surface area is 139 Å². The van der Waals surface area contributed by atoms with E-state index in [0.717, 1.165) is 17.4 Å². The molecule has 7 heteroatoms. The van der Waals surface area contributed by atoms with Gasteiger partial charge in [-0.25, -0.2) is 12.8 Å². The van der Waals surface area contributed by atoms with Gasteiger partial charge in [0, 0.05) is 11.8 Å². The van der Waals surface area contributed by atoms with E-state index in [1.54, 1.807) is 42.5 Å². The molecule has 0 aliphatic heterocycles. The Balaban J connectivity index is 1.86. The fraction of sp³-hybridized carbons (Fsp3) is 0.118. The van der Waals surface area contributed by atoms with Crippen molar-refractivity contribution >= 4 is 9.84 Å². The van der Waals surface area contributed by atoms with Crippen LogP contribution in [0.4, 0.5) is 4.39 Å². The first-order valence-corrected chi connectivity index (χ1v) is 9.10. The van der Waals surface area contributed by atoms with E-state index in [1.807, 2.05) is 0 Å². The van der Waals surface area contributed by atoms with Crippen molar-refractivity contribution in [3.05, 3.63) is 71.7 Å². The van der Waals surface area contributed by atoms with E-state index in [1.165, 1.54) is 12.1 Å². The minimum absolute atomic E-state index is 0.255. The lowest BCUT2D eigenvalue weighted by Gasteiger charge is -2.09. The normalized spacial score (nSPS) is 13.0. The maximum absolute atomic E-state index is 13.0. The standard InChI is InChI=1S/C17H16FN3O2S/c1-24(22,23)14-8-4-11(5-9-14)15-10-16(21-20-15)17(19)12-2-6-13(18)7-3-12/h2-10,17H,19H2,1H3,(H,20,21). The highest BCUT2D eigenvalue weighted by Gasteiger charge is 2.14. The molecular weight excluding hydrogens is 329 g/mol. The number of hydrogen-bond donors (Lipinski definition) is 2. The van der Waals surface area contributed by atoms with Crippen molar-refractivity contribution in [2.75, 3.05) is 6.26 Å². The quantitative estimate of drug-likeness (QED) is 0.761. The molecule has 0 bridgehead atoms. The molecule has 3 rings (SSSR count). The monoisotopic (exact) mass is 345 g/mol. The van der Waals surface area contributed by atoms with Gasteiger partial charge in [0.05, 0.1) is 22.3 Å². The SMILES string of the molecule is CS(=O)(=O)c1ccc(-c2cc(C(N)c3ccc(F)cc3)[nH]n2)cc1. The summed E-state index contributed by atoms with van der Waals surface area (Å²) in [5, 5.41) is 7.09. The van der Waals surface area contributed by atoms with E-state index in [2.05, 4.69) is 10.2 Å². The fourth-order valence-corrected chi connectivity index (χ4v) is 3.00. The molecular formula is C17H16FN3O2S. The maximum atomic E-state index is 13.0. The van der Waals surface area contributed by atoms with Gasteiger partial charge in [0.25, 0.3) is 0 Å². The number of H-pyrrole nitrogens is 1. The molecule has 0 amide bonds. The van der Waals surface area contributed by atoms with Gasteiger partial charge in [-0.15, -0.1) is 0 Å². The third-order valence-corrected chi connectivity index (χ3v) is 4.87. The van der Waals surface area contributed by atoms with Crippen LogP contribution in [0.2, 0.25) is 0 Å². The summed E-state index contributed by atoms with van der Waals surface area (Å²) in [5.74, 6) is -0.317. The van der Waals surface area contributed by atoms with Crippen LogP contribution in [-0.2, 0) is 9.84 Å². The summed E-state index contributed by atoms with van der Waals surface area (Å²) in [7, 11) is -3.23. The number of nitrogens with one attached hydrogen (secondary N) is 1. The smallest absolute Gasteiger partial charge is 0.175 e. The van der Waals surface area contributed by atoms with Gasteiger partial charge >= 0.3 is 0 Å². The van der Waals surface area contributed by atoms with Crippen LogP contribution in [-0.4, -0.2) is 24.9 Å². The van der Waals surface area contributed by atoms with E-state index in [0.29, 0.717) is 11.4 Å². The van der Waals surface area contributed by atoms with Crippen molar-refractivity contribution in [3.8, 4) is 11.3 Å². The van der Waals surface area contributed by atoms with Crippen LogP contribution in [0.5, 0.6) is 0 Å². The van der Waals surface area contributed by atoms with Gasteiger partial charge in [-0.3, -0.25) is 5.10 Å². The molecule has 3 aromatic rings. The zero-order valence-electron chi connectivity index (χ0n) is 12.9. The van der Waals surface area contributed by atoms with Crippen LogP contribution in [0, 0.1) is 5.82 Å². The summed E-state index contributed by atoms with van der Waals surface area (Å²) >= 11 is 0. The molecule has 1 aromatic heterocycles. The first kappa shape index (κ1) is 16.4. The van der Waals surface area contributed by atoms with Gasteiger partial charge < -0.3 is 5.73 Å². The number of aromatic nitrogens is 2. The number of benzene rings is 2. The third-order valence-electron chi connectivity index (χ3n) is 3.74. The number of sulfone groups is 1. The average Bonchev–Trinajstić information content (AvgIpc) is 3.04. The largest absolute Gasteiger partial charge is 0.319 e. The predicted octanol–water partition coefficient (Wildman–Crippen LogP) is 2.67. The van der Waals surface area contributed by atoms with Gasteiger partial charge in [0.1, 0.15) is 5.82 Å². The highest BCUT2D eigenvalue weighted by Crippen LogP contribution is 2.24. The number of aromatic amines is 1. The molecule has 124 valence electrons. The van der Waals surface area contributed by atoms with Gasteiger partial charge in [0.2, 0.25) is 0 Å². The summed E-state index contributed by atoms with van der Waals surface area (Å²) in [6, 6.07) is 13.8. The van der Waals surface area contributed by atoms with Crippen LogP contribution in [0.25, 0.3) is 11.3 Å². The molecule has 2 aromatic carbocycles. The number of rotatable bonds is 4. The number of nitrogens with two attached hydrogens (primary N) is 1. The van der Waals surface area contributed by atoms with Crippen LogP contribution < -0.4 is 5.73 Å². The van der Waals surface area contributed by atoms with Gasteiger partial charge in [0.15, 0.2) is 9.84 Å². The maximum Gasteiger partial charge on any atom is 0.175 e. The van der Waals surface area contributed by atoms with E-state index < -0.39 is 15.9 Å². The molecule has 0 saturated heterocycles. The molecule has 3 N–H and O–H groups in total. The molecule has 0 saturated carbocycles. The number of halogens is 1. The Hall–Kier alpha value is -2.51. The first-order valence-electron chi connectivity index (χ1n) is 7.21. The lowest BCUT2D eigenvalue weighted by atomic mass is 10.0. The predicted molar refractivity (Wildman–Crippen MR) is 89.6 cm³/mol. The molecule has 0 fully saturated rings. The van der Waals surface area contributed by atoms with E-state index in [-0.39, 0.29) is 10.7 Å². The molecule has 0 aliphatic carbocycles. The molecule has 24 heavy (non-hydrogen) atoms. The Morgan fingerprint density at radius 3 is 2.29 bits per heavy atom. The van der Waals surface area contributed by atoms with Crippen molar-refractivity contribution in [2.24, 2.45) is 5.73 Å². The van der Waals surface area contributed by atoms with E-state index >= 15 is 0 Å². The molecule has 1 heterocycles. The number of hydrogen-bond acceptors (Lipinski definition) is 4. The van der Waals surface area contributed by atoms with Crippen LogP contribution >= 0.6 is 0 Å². The lowest BCUT2D eigenvalue weighted by Crippen LogP contribution is -2.12. The van der Waals surface area contributed by atoms with Crippen molar-refractivity contribution < 1.29 is 12.8 Å².